The van der Waals surface area contributed by atoms with Gasteiger partial charge in [0, 0.05) is 6.42 Å². The molecule has 5 nitrogen and oxygen atoms in total. The molecule has 82 valence electrons. The van der Waals surface area contributed by atoms with Crippen LogP contribution in [0.1, 0.15) is 31.2 Å². The number of rotatable bonds is 4. The molecule has 2 rings (SSSR count). The van der Waals surface area contributed by atoms with E-state index >= 15 is 0 Å². The van der Waals surface area contributed by atoms with Crippen LogP contribution in [0.4, 0.5) is 5.13 Å². The molecule has 15 heavy (non-hydrogen) atoms. The molecule has 1 fully saturated rings. The number of hydrogen-bond donors (Lipinski definition) is 2. The SMILES string of the molecule is CCCc1nnc(NC(=O)C2(N)CC2)s1. The molecule has 0 unspecified atom stereocenters. The van der Waals surface area contributed by atoms with Gasteiger partial charge in [0.15, 0.2) is 0 Å². The van der Waals surface area contributed by atoms with E-state index in [4.69, 9.17) is 5.73 Å². The molecular formula is C9H14N4OS. The average molecular weight is 226 g/mol. The second kappa shape index (κ2) is 3.86. The van der Waals surface area contributed by atoms with Crippen molar-refractivity contribution in [1.82, 2.24) is 10.2 Å². The summed E-state index contributed by atoms with van der Waals surface area (Å²) in [5.74, 6) is -0.137. The standard InChI is InChI=1S/C9H14N4OS/c1-2-3-6-12-13-8(15-6)11-7(14)9(10)4-5-9/h2-5,10H2,1H3,(H,11,13,14). The minimum Gasteiger partial charge on any atom is -0.317 e. The highest BCUT2D eigenvalue weighted by molar-refractivity contribution is 7.15. The highest BCUT2D eigenvalue weighted by Gasteiger charge is 2.46. The van der Waals surface area contributed by atoms with Crippen LogP contribution in [-0.4, -0.2) is 21.6 Å². The average Bonchev–Trinajstić information content (AvgIpc) is 2.79. The van der Waals surface area contributed by atoms with Gasteiger partial charge in [0.25, 0.3) is 0 Å². The molecule has 0 radical (unpaired) electrons. The maximum Gasteiger partial charge on any atom is 0.246 e. The Hall–Kier alpha value is -1.01. The largest absolute Gasteiger partial charge is 0.317 e. The van der Waals surface area contributed by atoms with Crippen LogP contribution in [0.2, 0.25) is 0 Å². The molecule has 0 saturated heterocycles. The first-order chi connectivity index (χ1) is 7.14. The fourth-order valence-electron chi connectivity index (χ4n) is 1.20. The summed E-state index contributed by atoms with van der Waals surface area (Å²) >= 11 is 1.42. The molecule has 1 aromatic rings. The van der Waals surface area contributed by atoms with Crippen LogP contribution in [-0.2, 0) is 11.2 Å². The van der Waals surface area contributed by atoms with Crippen molar-refractivity contribution in [1.29, 1.82) is 0 Å². The van der Waals surface area contributed by atoms with Gasteiger partial charge in [-0.1, -0.05) is 18.3 Å². The van der Waals surface area contributed by atoms with Crippen molar-refractivity contribution in [3.63, 3.8) is 0 Å². The van der Waals surface area contributed by atoms with Gasteiger partial charge in [0.1, 0.15) is 5.01 Å². The van der Waals surface area contributed by atoms with Gasteiger partial charge in [-0.3, -0.25) is 10.1 Å². The van der Waals surface area contributed by atoms with E-state index in [2.05, 4.69) is 22.4 Å². The van der Waals surface area contributed by atoms with Crippen LogP contribution in [0.5, 0.6) is 0 Å². The van der Waals surface area contributed by atoms with E-state index in [1.807, 2.05) is 0 Å². The summed E-state index contributed by atoms with van der Waals surface area (Å²) in [5.41, 5.74) is 5.11. The summed E-state index contributed by atoms with van der Waals surface area (Å²) in [5, 5.41) is 12.1. The zero-order valence-electron chi connectivity index (χ0n) is 8.62. The number of hydrogen-bond acceptors (Lipinski definition) is 5. The molecule has 1 heterocycles. The Morgan fingerprint density at radius 2 is 2.33 bits per heavy atom. The van der Waals surface area contributed by atoms with Crippen LogP contribution in [0.3, 0.4) is 0 Å². The Morgan fingerprint density at radius 3 is 2.93 bits per heavy atom. The predicted octanol–water partition coefficient (Wildman–Crippen LogP) is 0.920. The summed E-state index contributed by atoms with van der Waals surface area (Å²) < 4.78 is 0. The fourth-order valence-corrected chi connectivity index (χ4v) is 2.04. The van der Waals surface area contributed by atoms with Gasteiger partial charge >= 0.3 is 0 Å². The third kappa shape index (κ3) is 2.32. The van der Waals surface area contributed by atoms with Gasteiger partial charge in [-0.05, 0) is 19.3 Å². The van der Waals surface area contributed by atoms with Crippen molar-refractivity contribution >= 4 is 22.4 Å². The van der Waals surface area contributed by atoms with Crippen molar-refractivity contribution in [2.75, 3.05) is 5.32 Å². The monoisotopic (exact) mass is 226 g/mol. The second-order valence-electron chi connectivity index (χ2n) is 3.86. The third-order valence-corrected chi connectivity index (χ3v) is 3.29. The van der Waals surface area contributed by atoms with Crippen molar-refractivity contribution < 1.29 is 4.79 Å². The number of nitrogens with one attached hydrogen (secondary N) is 1. The fraction of sp³-hybridized carbons (Fsp3) is 0.667. The van der Waals surface area contributed by atoms with Gasteiger partial charge in [-0.25, -0.2) is 0 Å². The lowest BCUT2D eigenvalue weighted by Crippen LogP contribution is -2.37. The number of amides is 1. The first-order valence-corrected chi connectivity index (χ1v) is 5.88. The van der Waals surface area contributed by atoms with E-state index in [0.717, 1.165) is 30.7 Å². The number of carbonyl (C=O) groups is 1. The summed E-state index contributed by atoms with van der Waals surface area (Å²) in [6, 6.07) is 0. The lowest BCUT2D eigenvalue weighted by atomic mass is 10.3. The van der Waals surface area contributed by atoms with E-state index in [1.165, 1.54) is 11.3 Å². The number of aryl methyl sites for hydroxylation is 1. The molecular weight excluding hydrogens is 212 g/mol. The Kier molecular flexibility index (Phi) is 2.70. The topological polar surface area (TPSA) is 80.9 Å². The molecule has 0 aromatic carbocycles. The van der Waals surface area contributed by atoms with Crippen molar-refractivity contribution in [3.8, 4) is 0 Å². The molecule has 1 amide bonds. The number of aromatic nitrogens is 2. The minimum absolute atomic E-state index is 0.137. The molecule has 0 atom stereocenters. The Balaban J connectivity index is 1.95. The minimum atomic E-state index is -0.642. The first kappa shape index (κ1) is 10.5. The summed E-state index contributed by atoms with van der Waals surface area (Å²) in [6.45, 7) is 2.08. The highest BCUT2D eigenvalue weighted by Crippen LogP contribution is 2.33. The lowest BCUT2D eigenvalue weighted by molar-refractivity contribution is -0.118. The zero-order chi connectivity index (χ0) is 10.9. The molecule has 6 heteroatoms. The first-order valence-electron chi connectivity index (χ1n) is 5.07. The van der Waals surface area contributed by atoms with Gasteiger partial charge < -0.3 is 5.73 Å². The summed E-state index contributed by atoms with van der Waals surface area (Å²) in [4.78, 5) is 11.6. The molecule has 1 saturated carbocycles. The molecule has 1 aromatic heterocycles. The molecule has 0 aliphatic heterocycles. The molecule has 3 N–H and O–H groups in total. The number of nitrogens with two attached hydrogens (primary N) is 1. The highest BCUT2D eigenvalue weighted by atomic mass is 32.1. The number of nitrogens with zero attached hydrogens (tertiary/aromatic N) is 2. The maximum atomic E-state index is 11.6. The van der Waals surface area contributed by atoms with Crippen LogP contribution in [0, 0.1) is 0 Å². The van der Waals surface area contributed by atoms with Crippen LogP contribution >= 0.6 is 11.3 Å². The second-order valence-corrected chi connectivity index (χ2v) is 4.92. The van der Waals surface area contributed by atoms with Gasteiger partial charge in [-0.15, -0.1) is 10.2 Å². The van der Waals surface area contributed by atoms with Gasteiger partial charge in [0.05, 0.1) is 5.54 Å². The molecule has 1 aliphatic carbocycles. The number of carbonyl (C=O) groups excluding carboxylic acids is 1. The molecule has 0 bridgehead atoms. The van der Waals surface area contributed by atoms with E-state index in [9.17, 15) is 4.79 Å². The Bertz CT molecular complexity index is 372. The lowest BCUT2D eigenvalue weighted by Gasteiger charge is -2.05. The number of anilines is 1. The Morgan fingerprint density at radius 1 is 1.60 bits per heavy atom. The smallest absolute Gasteiger partial charge is 0.246 e. The summed E-state index contributed by atoms with van der Waals surface area (Å²) in [7, 11) is 0. The molecule has 1 aliphatic rings. The van der Waals surface area contributed by atoms with Crippen LogP contribution in [0.15, 0.2) is 0 Å². The Labute approximate surface area is 92.1 Å². The van der Waals surface area contributed by atoms with Gasteiger partial charge in [0.2, 0.25) is 11.0 Å². The van der Waals surface area contributed by atoms with E-state index in [0.29, 0.717) is 5.13 Å². The van der Waals surface area contributed by atoms with E-state index in [-0.39, 0.29) is 5.91 Å². The van der Waals surface area contributed by atoms with Crippen molar-refractivity contribution in [2.24, 2.45) is 5.73 Å². The maximum absolute atomic E-state index is 11.6. The third-order valence-electron chi connectivity index (χ3n) is 2.39. The zero-order valence-corrected chi connectivity index (χ0v) is 9.43. The predicted molar refractivity (Wildman–Crippen MR) is 58.7 cm³/mol. The van der Waals surface area contributed by atoms with E-state index in [1.54, 1.807) is 0 Å². The van der Waals surface area contributed by atoms with Crippen molar-refractivity contribution in [3.05, 3.63) is 5.01 Å². The van der Waals surface area contributed by atoms with Crippen molar-refractivity contribution in [2.45, 2.75) is 38.1 Å². The van der Waals surface area contributed by atoms with E-state index < -0.39 is 5.54 Å². The summed E-state index contributed by atoms with van der Waals surface area (Å²) in [6.07, 6.45) is 3.46. The van der Waals surface area contributed by atoms with Gasteiger partial charge in [-0.2, -0.15) is 0 Å². The normalized spacial score (nSPS) is 17.5. The van der Waals surface area contributed by atoms with Crippen LogP contribution in [0.25, 0.3) is 0 Å². The quantitative estimate of drug-likeness (QED) is 0.800. The molecule has 0 spiro atoms. The van der Waals surface area contributed by atoms with Crippen LogP contribution < -0.4 is 11.1 Å².